The average Bonchev–Trinajstić information content (AvgIpc) is 2.98. The van der Waals surface area contributed by atoms with Gasteiger partial charge in [-0.15, -0.1) is 5.10 Å². The molecule has 0 radical (unpaired) electrons. The van der Waals surface area contributed by atoms with E-state index in [-0.39, 0.29) is 0 Å². The molecule has 96 valence electrons. The van der Waals surface area contributed by atoms with Crippen LogP contribution < -0.4 is 4.90 Å². The molecule has 4 nitrogen and oxygen atoms in total. The van der Waals surface area contributed by atoms with Crippen LogP contribution in [0, 0.1) is 10.7 Å². The second-order valence-corrected chi connectivity index (χ2v) is 5.96. The zero-order valence-corrected chi connectivity index (χ0v) is 11.9. The number of hydrogen-bond acceptors (Lipinski definition) is 3. The van der Waals surface area contributed by atoms with Crippen LogP contribution in [0.3, 0.4) is 0 Å². The van der Waals surface area contributed by atoms with Crippen LogP contribution in [-0.2, 0) is 0 Å². The largest absolute Gasteiger partial charge is 0.338 e. The lowest BCUT2D eigenvalue weighted by molar-refractivity contribution is 0.547. The highest BCUT2D eigenvalue weighted by atomic mass is 32.1. The van der Waals surface area contributed by atoms with Crippen molar-refractivity contribution < 1.29 is 0 Å². The minimum atomic E-state index is 0.352. The number of nitrogens with zero attached hydrogens (tertiary/aromatic N) is 3. The van der Waals surface area contributed by atoms with Gasteiger partial charge in [0.25, 0.3) is 0 Å². The van der Waals surface area contributed by atoms with Crippen molar-refractivity contribution in [2.75, 3.05) is 11.4 Å². The van der Waals surface area contributed by atoms with Gasteiger partial charge in [0.2, 0.25) is 5.95 Å². The fourth-order valence-corrected chi connectivity index (χ4v) is 2.48. The lowest BCUT2D eigenvalue weighted by Crippen LogP contribution is -2.32. The Labute approximate surface area is 108 Å². The number of aromatic amines is 1. The van der Waals surface area contributed by atoms with E-state index in [9.17, 15) is 0 Å². The van der Waals surface area contributed by atoms with Gasteiger partial charge >= 0.3 is 0 Å². The van der Waals surface area contributed by atoms with E-state index in [1.807, 2.05) is 0 Å². The normalized spacial score (nSPS) is 15.9. The van der Waals surface area contributed by atoms with E-state index < -0.39 is 0 Å². The van der Waals surface area contributed by atoms with Crippen LogP contribution in [0.25, 0.3) is 0 Å². The third kappa shape index (κ3) is 2.70. The van der Waals surface area contributed by atoms with Crippen molar-refractivity contribution in [3.63, 3.8) is 0 Å². The van der Waals surface area contributed by atoms with Crippen LogP contribution >= 0.6 is 12.2 Å². The highest BCUT2D eigenvalue weighted by Crippen LogP contribution is 2.32. The van der Waals surface area contributed by atoms with E-state index in [1.54, 1.807) is 0 Å². The van der Waals surface area contributed by atoms with Crippen molar-refractivity contribution in [3.8, 4) is 0 Å². The second kappa shape index (κ2) is 4.80. The summed E-state index contributed by atoms with van der Waals surface area (Å²) in [5.41, 5.74) is 0. The van der Waals surface area contributed by atoms with Crippen molar-refractivity contribution in [2.45, 2.75) is 52.6 Å². The Morgan fingerprint density at radius 1 is 1.41 bits per heavy atom. The molecule has 1 N–H and O–H groups in total. The minimum absolute atomic E-state index is 0.352. The maximum absolute atomic E-state index is 5.31. The van der Waals surface area contributed by atoms with Gasteiger partial charge in [0.1, 0.15) is 0 Å². The number of rotatable bonds is 5. The van der Waals surface area contributed by atoms with Crippen LogP contribution in [0.4, 0.5) is 5.95 Å². The Bertz CT molecular complexity index is 428. The molecular weight excluding hydrogens is 232 g/mol. The van der Waals surface area contributed by atoms with Crippen molar-refractivity contribution >= 4 is 18.2 Å². The Morgan fingerprint density at radius 2 is 2.06 bits per heavy atom. The van der Waals surface area contributed by atoms with Crippen LogP contribution in [0.5, 0.6) is 0 Å². The first-order valence-electron chi connectivity index (χ1n) is 6.44. The molecule has 0 atom stereocenters. The maximum Gasteiger partial charge on any atom is 0.226 e. The first kappa shape index (κ1) is 12.6. The van der Waals surface area contributed by atoms with E-state index in [1.165, 1.54) is 12.8 Å². The summed E-state index contributed by atoms with van der Waals surface area (Å²) in [5.74, 6) is 1.66. The summed E-state index contributed by atoms with van der Waals surface area (Å²) >= 11 is 5.31. The highest BCUT2D eigenvalue weighted by molar-refractivity contribution is 7.71. The molecule has 0 saturated heterocycles. The lowest BCUT2D eigenvalue weighted by atomic mass is 10.2. The third-order valence-electron chi connectivity index (χ3n) is 3.01. The van der Waals surface area contributed by atoms with Gasteiger partial charge in [0.15, 0.2) is 4.77 Å². The molecule has 1 fully saturated rings. The molecule has 1 saturated carbocycles. The van der Waals surface area contributed by atoms with E-state index in [0.29, 0.717) is 18.0 Å². The fraction of sp³-hybridized carbons (Fsp3) is 0.833. The van der Waals surface area contributed by atoms with E-state index in [2.05, 4.69) is 47.4 Å². The molecule has 1 heterocycles. The van der Waals surface area contributed by atoms with Crippen molar-refractivity contribution in [3.05, 3.63) is 4.77 Å². The smallest absolute Gasteiger partial charge is 0.226 e. The lowest BCUT2D eigenvalue weighted by Gasteiger charge is -2.26. The van der Waals surface area contributed by atoms with Gasteiger partial charge in [0, 0.05) is 18.6 Å². The molecular formula is C12H22N4S. The summed E-state index contributed by atoms with van der Waals surface area (Å²) in [5, 5.41) is 7.35. The van der Waals surface area contributed by atoms with E-state index in [4.69, 9.17) is 12.2 Å². The summed E-state index contributed by atoms with van der Waals surface area (Å²) in [6.07, 6.45) is 2.56. The Kier molecular flexibility index (Phi) is 3.56. The predicted molar refractivity (Wildman–Crippen MR) is 73.0 cm³/mol. The van der Waals surface area contributed by atoms with Crippen LogP contribution in [0.1, 0.15) is 46.6 Å². The monoisotopic (exact) mass is 254 g/mol. The molecule has 1 aromatic rings. The molecule has 1 aliphatic rings. The third-order valence-corrected chi connectivity index (χ3v) is 3.30. The van der Waals surface area contributed by atoms with Gasteiger partial charge in [-0.25, -0.2) is 5.10 Å². The Balaban J connectivity index is 2.32. The zero-order valence-electron chi connectivity index (χ0n) is 11.1. The second-order valence-electron chi connectivity index (χ2n) is 5.57. The molecule has 1 aliphatic carbocycles. The topological polar surface area (TPSA) is 36.9 Å². The fourth-order valence-electron chi connectivity index (χ4n) is 2.14. The molecule has 0 spiro atoms. The SMILES string of the molecule is CC(C)CN(c1n[nH]c(=S)n1C(C)C)C1CC1. The number of anilines is 1. The maximum atomic E-state index is 5.31. The Hall–Kier alpha value is -0.840. The van der Waals surface area contributed by atoms with Gasteiger partial charge in [-0.05, 0) is 44.8 Å². The summed E-state index contributed by atoms with van der Waals surface area (Å²) in [6, 6.07) is 1.02. The molecule has 0 aromatic carbocycles. The number of H-pyrrole nitrogens is 1. The van der Waals surface area contributed by atoms with Crippen LogP contribution in [0.15, 0.2) is 0 Å². The Morgan fingerprint density at radius 3 is 2.53 bits per heavy atom. The number of nitrogens with one attached hydrogen (secondary N) is 1. The van der Waals surface area contributed by atoms with Crippen molar-refractivity contribution in [2.24, 2.45) is 5.92 Å². The number of aromatic nitrogens is 3. The standard InChI is InChI=1S/C12H22N4S/c1-8(2)7-15(10-5-6-10)11-13-14-12(17)16(11)9(3)4/h8-10H,5-7H2,1-4H3,(H,14,17). The molecule has 17 heavy (non-hydrogen) atoms. The molecule has 0 amide bonds. The van der Waals surface area contributed by atoms with Crippen molar-refractivity contribution in [1.82, 2.24) is 14.8 Å². The average molecular weight is 254 g/mol. The summed E-state index contributed by atoms with van der Waals surface area (Å²) in [4.78, 5) is 2.41. The summed E-state index contributed by atoms with van der Waals surface area (Å²) in [6.45, 7) is 9.84. The zero-order chi connectivity index (χ0) is 12.6. The van der Waals surface area contributed by atoms with Gasteiger partial charge in [-0.1, -0.05) is 13.8 Å². The molecule has 5 heteroatoms. The van der Waals surface area contributed by atoms with Gasteiger partial charge in [-0.3, -0.25) is 4.57 Å². The van der Waals surface area contributed by atoms with Crippen molar-refractivity contribution in [1.29, 1.82) is 0 Å². The van der Waals surface area contributed by atoms with Crippen LogP contribution in [0.2, 0.25) is 0 Å². The first-order valence-corrected chi connectivity index (χ1v) is 6.85. The quantitative estimate of drug-likeness (QED) is 0.820. The predicted octanol–water partition coefficient (Wildman–Crippen LogP) is 3.15. The van der Waals surface area contributed by atoms with Gasteiger partial charge in [-0.2, -0.15) is 0 Å². The summed E-state index contributed by atoms with van der Waals surface area (Å²) in [7, 11) is 0. The molecule has 1 aromatic heterocycles. The van der Waals surface area contributed by atoms with Gasteiger partial charge < -0.3 is 4.90 Å². The van der Waals surface area contributed by atoms with E-state index >= 15 is 0 Å². The molecule has 0 bridgehead atoms. The first-order chi connectivity index (χ1) is 8.00. The molecule has 2 rings (SSSR count). The van der Waals surface area contributed by atoms with E-state index in [0.717, 1.165) is 17.3 Å². The minimum Gasteiger partial charge on any atom is -0.338 e. The van der Waals surface area contributed by atoms with Crippen LogP contribution in [-0.4, -0.2) is 27.4 Å². The highest BCUT2D eigenvalue weighted by Gasteiger charge is 2.32. The van der Waals surface area contributed by atoms with Gasteiger partial charge in [0.05, 0.1) is 0 Å². The summed E-state index contributed by atoms with van der Waals surface area (Å²) < 4.78 is 2.85. The molecule has 0 unspecified atom stereocenters. The number of hydrogen-bond donors (Lipinski definition) is 1. The molecule has 0 aliphatic heterocycles.